The maximum Gasteiger partial charge on any atom is 0.317 e. The summed E-state index contributed by atoms with van der Waals surface area (Å²) in [5.74, 6) is 2.12. The Morgan fingerprint density at radius 1 is 1.61 bits per heavy atom. The molecule has 0 aromatic heterocycles. The standard InChI is InChI=1S/C13H14ClNO3/c1-3-7-15(9-13(16)17)8-10-11(14)5-4-6-12(10)18-2/h1,4-6H,7-9H2,2H3,(H,16,17). The summed E-state index contributed by atoms with van der Waals surface area (Å²) in [5, 5.41) is 9.34. The summed E-state index contributed by atoms with van der Waals surface area (Å²) in [6.07, 6.45) is 5.22. The SMILES string of the molecule is C#CCN(CC(=O)O)Cc1c(Cl)cccc1OC. The number of ether oxygens (including phenoxy) is 1. The molecule has 0 saturated heterocycles. The molecule has 1 rings (SSSR count). The number of carboxylic acid groups (broad SMARTS) is 1. The molecular formula is C13H14ClNO3. The van der Waals surface area contributed by atoms with Crippen LogP contribution in [0, 0.1) is 12.3 Å². The van der Waals surface area contributed by atoms with Crippen LogP contribution in [-0.4, -0.2) is 36.2 Å². The van der Waals surface area contributed by atoms with Crippen LogP contribution in [0.25, 0.3) is 0 Å². The number of aliphatic carboxylic acids is 1. The van der Waals surface area contributed by atoms with Crippen LogP contribution >= 0.6 is 11.6 Å². The van der Waals surface area contributed by atoms with E-state index in [1.54, 1.807) is 23.1 Å². The van der Waals surface area contributed by atoms with Crippen molar-refractivity contribution in [3.05, 3.63) is 28.8 Å². The summed E-state index contributed by atoms with van der Waals surface area (Å²) in [7, 11) is 1.54. The third-order valence-corrected chi connectivity index (χ3v) is 2.71. The second-order valence-electron chi connectivity index (χ2n) is 3.66. The van der Waals surface area contributed by atoms with Gasteiger partial charge in [-0.1, -0.05) is 23.6 Å². The van der Waals surface area contributed by atoms with Crippen molar-refractivity contribution in [2.75, 3.05) is 20.2 Å². The molecule has 5 heteroatoms. The van der Waals surface area contributed by atoms with Crippen molar-refractivity contribution in [3.63, 3.8) is 0 Å². The third kappa shape index (κ3) is 3.95. The summed E-state index contributed by atoms with van der Waals surface area (Å²) < 4.78 is 5.20. The fraction of sp³-hybridized carbons (Fsp3) is 0.308. The van der Waals surface area contributed by atoms with E-state index in [2.05, 4.69) is 5.92 Å². The number of benzene rings is 1. The molecule has 0 fully saturated rings. The molecule has 1 N–H and O–H groups in total. The molecule has 0 spiro atoms. The van der Waals surface area contributed by atoms with Crippen molar-refractivity contribution < 1.29 is 14.6 Å². The summed E-state index contributed by atoms with van der Waals surface area (Å²) in [5.41, 5.74) is 0.734. The van der Waals surface area contributed by atoms with Crippen molar-refractivity contribution in [1.29, 1.82) is 0 Å². The van der Waals surface area contributed by atoms with Gasteiger partial charge in [0.1, 0.15) is 5.75 Å². The lowest BCUT2D eigenvalue weighted by Crippen LogP contribution is -2.30. The van der Waals surface area contributed by atoms with Gasteiger partial charge >= 0.3 is 5.97 Å². The van der Waals surface area contributed by atoms with Gasteiger partial charge < -0.3 is 9.84 Å². The van der Waals surface area contributed by atoms with Crippen LogP contribution in [0.1, 0.15) is 5.56 Å². The zero-order valence-electron chi connectivity index (χ0n) is 10.0. The Balaban J connectivity index is 2.92. The lowest BCUT2D eigenvalue weighted by atomic mass is 10.2. The first-order chi connectivity index (χ1) is 8.58. The van der Waals surface area contributed by atoms with E-state index in [1.807, 2.05) is 0 Å². The minimum Gasteiger partial charge on any atom is -0.496 e. The molecule has 0 unspecified atom stereocenters. The highest BCUT2D eigenvalue weighted by Gasteiger charge is 2.14. The van der Waals surface area contributed by atoms with Gasteiger partial charge in [-0.15, -0.1) is 6.42 Å². The number of methoxy groups -OCH3 is 1. The molecule has 0 aliphatic heterocycles. The van der Waals surface area contributed by atoms with Gasteiger partial charge in [0.05, 0.1) is 20.2 Å². The highest BCUT2D eigenvalue weighted by atomic mass is 35.5. The minimum absolute atomic E-state index is 0.140. The highest BCUT2D eigenvalue weighted by Crippen LogP contribution is 2.27. The number of terminal acetylenes is 1. The number of carboxylic acids is 1. The maximum absolute atomic E-state index is 10.7. The van der Waals surface area contributed by atoms with E-state index in [9.17, 15) is 4.79 Å². The van der Waals surface area contributed by atoms with E-state index in [-0.39, 0.29) is 13.1 Å². The lowest BCUT2D eigenvalue weighted by Gasteiger charge is -2.19. The molecule has 1 aromatic rings. The molecule has 0 aliphatic rings. The quantitative estimate of drug-likeness (QED) is 0.800. The molecule has 0 heterocycles. The normalized spacial score (nSPS) is 10.1. The Bertz CT molecular complexity index is 468. The van der Waals surface area contributed by atoms with E-state index < -0.39 is 5.97 Å². The van der Waals surface area contributed by atoms with E-state index in [1.165, 1.54) is 7.11 Å². The van der Waals surface area contributed by atoms with E-state index in [0.29, 0.717) is 17.3 Å². The molecule has 0 amide bonds. The predicted octanol–water partition coefficient (Wildman–Crippen LogP) is 1.87. The van der Waals surface area contributed by atoms with Crippen molar-refractivity contribution in [2.24, 2.45) is 0 Å². The number of carbonyl (C=O) groups is 1. The van der Waals surface area contributed by atoms with Gasteiger partial charge in [-0.2, -0.15) is 0 Å². The van der Waals surface area contributed by atoms with Gasteiger partial charge in [0.25, 0.3) is 0 Å². The Labute approximate surface area is 111 Å². The van der Waals surface area contributed by atoms with Crippen LogP contribution in [0.3, 0.4) is 0 Å². The molecule has 4 nitrogen and oxygen atoms in total. The third-order valence-electron chi connectivity index (χ3n) is 2.35. The van der Waals surface area contributed by atoms with Gasteiger partial charge in [-0.25, -0.2) is 0 Å². The zero-order chi connectivity index (χ0) is 13.5. The number of hydrogen-bond acceptors (Lipinski definition) is 3. The molecule has 0 bridgehead atoms. The fourth-order valence-corrected chi connectivity index (χ4v) is 1.82. The molecule has 1 aromatic carbocycles. The van der Waals surface area contributed by atoms with Gasteiger partial charge in [-0.3, -0.25) is 9.69 Å². The Kier molecular flexibility index (Phi) is 5.50. The largest absolute Gasteiger partial charge is 0.496 e. The van der Waals surface area contributed by atoms with Crippen LogP contribution < -0.4 is 4.74 Å². The average molecular weight is 268 g/mol. The molecule has 0 saturated carbocycles. The summed E-state index contributed by atoms with van der Waals surface area (Å²) in [6.45, 7) is 0.429. The van der Waals surface area contributed by atoms with Crippen LogP contribution in [0.4, 0.5) is 0 Å². The highest BCUT2D eigenvalue weighted by molar-refractivity contribution is 6.31. The van der Waals surface area contributed by atoms with Gasteiger partial charge in [0, 0.05) is 17.1 Å². The first-order valence-corrected chi connectivity index (χ1v) is 5.65. The lowest BCUT2D eigenvalue weighted by molar-refractivity contribution is -0.138. The minimum atomic E-state index is -0.934. The topological polar surface area (TPSA) is 49.8 Å². The number of hydrogen-bond donors (Lipinski definition) is 1. The van der Waals surface area contributed by atoms with E-state index >= 15 is 0 Å². The van der Waals surface area contributed by atoms with Gasteiger partial charge in [0.2, 0.25) is 0 Å². The summed E-state index contributed by atoms with van der Waals surface area (Å²) in [4.78, 5) is 12.3. The van der Waals surface area contributed by atoms with Gasteiger partial charge in [-0.05, 0) is 12.1 Å². The zero-order valence-corrected chi connectivity index (χ0v) is 10.8. The predicted molar refractivity (Wildman–Crippen MR) is 69.7 cm³/mol. The average Bonchev–Trinajstić information content (AvgIpc) is 2.31. The monoisotopic (exact) mass is 267 g/mol. The second-order valence-corrected chi connectivity index (χ2v) is 4.07. The van der Waals surface area contributed by atoms with Crippen molar-refractivity contribution in [3.8, 4) is 18.1 Å². The van der Waals surface area contributed by atoms with E-state index in [4.69, 9.17) is 27.9 Å². The first-order valence-electron chi connectivity index (χ1n) is 5.27. The van der Waals surface area contributed by atoms with Crippen LogP contribution in [0.15, 0.2) is 18.2 Å². The molecule has 0 radical (unpaired) electrons. The smallest absolute Gasteiger partial charge is 0.317 e. The maximum atomic E-state index is 10.7. The van der Waals surface area contributed by atoms with Crippen molar-refractivity contribution in [2.45, 2.75) is 6.54 Å². The Hall–Kier alpha value is -1.70. The van der Waals surface area contributed by atoms with Crippen molar-refractivity contribution >= 4 is 17.6 Å². The fourth-order valence-electron chi connectivity index (χ4n) is 1.60. The van der Waals surface area contributed by atoms with Gasteiger partial charge in [0.15, 0.2) is 0 Å². The Morgan fingerprint density at radius 3 is 2.89 bits per heavy atom. The van der Waals surface area contributed by atoms with Crippen LogP contribution in [-0.2, 0) is 11.3 Å². The Morgan fingerprint density at radius 2 is 2.33 bits per heavy atom. The van der Waals surface area contributed by atoms with Crippen LogP contribution in [0.5, 0.6) is 5.75 Å². The molecule has 18 heavy (non-hydrogen) atoms. The molecular weight excluding hydrogens is 254 g/mol. The molecule has 0 aliphatic carbocycles. The molecule has 96 valence electrons. The summed E-state index contributed by atoms with van der Waals surface area (Å²) in [6, 6.07) is 5.28. The van der Waals surface area contributed by atoms with Crippen LogP contribution in [0.2, 0.25) is 5.02 Å². The molecule has 0 atom stereocenters. The number of nitrogens with zero attached hydrogens (tertiary/aromatic N) is 1. The second kappa shape index (κ2) is 6.90. The first kappa shape index (κ1) is 14.4. The number of halogens is 1. The number of rotatable bonds is 6. The van der Waals surface area contributed by atoms with Crippen molar-refractivity contribution in [1.82, 2.24) is 4.90 Å². The van der Waals surface area contributed by atoms with E-state index in [0.717, 1.165) is 5.56 Å². The summed E-state index contributed by atoms with van der Waals surface area (Å²) >= 11 is 6.08.